The number of nitrogens with zero attached hydrogens (tertiary/aromatic N) is 6. The Hall–Kier alpha value is -3.35. The fourth-order valence-corrected chi connectivity index (χ4v) is 6.57. The number of amides is 2. The lowest BCUT2D eigenvalue weighted by molar-refractivity contribution is -0.142. The molecule has 40 heavy (non-hydrogen) atoms. The molecule has 4 heterocycles. The van der Waals surface area contributed by atoms with Crippen LogP contribution in [0.25, 0.3) is 10.4 Å². The molecule has 12 heteroatoms. The predicted molar refractivity (Wildman–Crippen MR) is 152 cm³/mol. The number of piperazine rings is 1. The van der Waals surface area contributed by atoms with Crippen LogP contribution >= 0.6 is 11.3 Å². The van der Waals surface area contributed by atoms with Crippen molar-refractivity contribution in [2.24, 2.45) is 5.92 Å². The van der Waals surface area contributed by atoms with Crippen molar-refractivity contribution in [3.63, 3.8) is 0 Å². The molecule has 1 aromatic carbocycles. The Balaban J connectivity index is 1.15. The number of aromatic nitrogens is 4. The van der Waals surface area contributed by atoms with Gasteiger partial charge in [0.1, 0.15) is 12.1 Å². The highest BCUT2D eigenvalue weighted by Gasteiger charge is 2.46. The normalized spacial score (nSPS) is 22.8. The van der Waals surface area contributed by atoms with Gasteiger partial charge in [-0.3, -0.25) is 9.59 Å². The molecule has 3 aliphatic rings. The summed E-state index contributed by atoms with van der Waals surface area (Å²) in [7, 11) is 0. The van der Waals surface area contributed by atoms with Gasteiger partial charge in [0.15, 0.2) is 5.82 Å². The molecule has 0 bridgehead atoms. The van der Waals surface area contributed by atoms with Gasteiger partial charge in [0.05, 0.1) is 34.4 Å². The molecule has 2 amide bonds. The van der Waals surface area contributed by atoms with Crippen LogP contribution in [0.5, 0.6) is 0 Å². The van der Waals surface area contributed by atoms with Gasteiger partial charge in [-0.15, -0.1) is 16.4 Å². The van der Waals surface area contributed by atoms with Gasteiger partial charge >= 0.3 is 0 Å². The monoisotopic (exact) mass is 564 g/mol. The number of β-amino-alcohol motifs (C(OH)–C–C–N with tert-alkyl or cyclic N) is 1. The SMILES string of the molecule is Cc1ncsc1-c1ccc([C@H](C)NC(=O)[C@@H]2C[C@@H](O)CN2C(=O)C(C2CC2)n2cc(N3CCNCC3)nn2)cc1. The standard InChI is InChI=1S/C28H36N8O3S/c1-17(19-3-7-21(8-4-19)26-18(2)30-16-40-26)31-27(38)23-13-22(37)14-35(23)28(39)25(20-5-6-20)36-15-24(32-33-36)34-11-9-29-10-12-34/h3-4,7-8,15-17,20,22-23,25,29,37H,5-6,9-14H2,1-2H3,(H,31,38)/t17-,22+,23-,25?/m0/s1. The predicted octanol–water partition coefficient (Wildman–Crippen LogP) is 1.91. The van der Waals surface area contributed by atoms with E-state index in [0.717, 1.165) is 66.5 Å². The number of carbonyl (C=O) groups excluding carboxylic acids is 2. The molecule has 2 saturated heterocycles. The van der Waals surface area contributed by atoms with Crippen LogP contribution in [0.2, 0.25) is 0 Å². The average molecular weight is 565 g/mol. The molecule has 1 unspecified atom stereocenters. The Morgan fingerprint density at radius 2 is 1.93 bits per heavy atom. The molecule has 1 saturated carbocycles. The van der Waals surface area contributed by atoms with Gasteiger partial charge in [0, 0.05) is 39.1 Å². The minimum atomic E-state index is -0.746. The van der Waals surface area contributed by atoms with Crippen LogP contribution in [0.3, 0.4) is 0 Å². The van der Waals surface area contributed by atoms with E-state index in [-0.39, 0.29) is 36.7 Å². The zero-order valence-corrected chi connectivity index (χ0v) is 23.7. The maximum Gasteiger partial charge on any atom is 0.248 e. The van der Waals surface area contributed by atoms with E-state index in [4.69, 9.17) is 0 Å². The molecule has 6 rings (SSSR count). The van der Waals surface area contributed by atoms with E-state index >= 15 is 0 Å². The summed E-state index contributed by atoms with van der Waals surface area (Å²) in [4.78, 5) is 36.6. The smallest absolute Gasteiger partial charge is 0.248 e. The van der Waals surface area contributed by atoms with Crippen molar-refractivity contribution in [2.45, 2.75) is 57.3 Å². The number of hydrogen-bond acceptors (Lipinski definition) is 9. The van der Waals surface area contributed by atoms with Gasteiger partial charge in [-0.1, -0.05) is 29.5 Å². The maximum absolute atomic E-state index is 13.9. The zero-order valence-electron chi connectivity index (χ0n) is 22.9. The first-order chi connectivity index (χ1) is 19.4. The highest BCUT2D eigenvalue weighted by atomic mass is 32.1. The lowest BCUT2D eigenvalue weighted by Crippen LogP contribution is -2.49. The number of carbonyl (C=O) groups is 2. The third-order valence-corrected chi connectivity index (χ3v) is 9.17. The molecule has 212 valence electrons. The number of hydrogen-bond donors (Lipinski definition) is 3. The fourth-order valence-electron chi connectivity index (χ4n) is 5.76. The van der Waals surface area contributed by atoms with Crippen molar-refractivity contribution in [1.29, 1.82) is 0 Å². The number of thiazole rings is 1. The van der Waals surface area contributed by atoms with Crippen LogP contribution in [-0.2, 0) is 9.59 Å². The molecule has 3 aromatic rings. The highest BCUT2D eigenvalue weighted by molar-refractivity contribution is 7.13. The minimum Gasteiger partial charge on any atom is -0.391 e. The Kier molecular flexibility index (Phi) is 7.56. The van der Waals surface area contributed by atoms with Crippen LogP contribution in [-0.4, -0.2) is 86.7 Å². The number of rotatable bonds is 8. The summed E-state index contributed by atoms with van der Waals surface area (Å²) in [6.45, 7) is 7.51. The average Bonchev–Trinajstić information content (AvgIpc) is 3.32. The topological polar surface area (TPSA) is 129 Å². The van der Waals surface area contributed by atoms with E-state index in [0.29, 0.717) is 0 Å². The molecule has 3 fully saturated rings. The molecule has 2 aromatic heterocycles. The van der Waals surface area contributed by atoms with Crippen LogP contribution in [0.1, 0.15) is 49.5 Å². The van der Waals surface area contributed by atoms with Gasteiger partial charge in [0.25, 0.3) is 0 Å². The summed E-state index contributed by atoms with van der Waals surface area (Å²) in [6.07, 6.45) is 3.19. The van der Waals surface area contributed by atoms with E-state index in [9.17, 15) is 14.7 Å². The van der Waals surface area contributed by atoms with E-state index in [1.165, 1.54) is 0 Å². The number of aliphatic hydroxyl groups is 1. The van der Waals surface area contributed by atoms with E-state index < -0.39 is 18.2 Å². The molecule has 3 N–H and O–H groups in total. The largest absolute Gasteiger partial charge is 0.391 e. The summed E-state index contributed by atoms with van der Waals surface area (Å²) in [6, 6.07) is 6.59. The van der Waals surface area contributed by atoms with Crippen molar-refractivity contribution in [3.8, 4) is 10.4 Å². The Labute approximate surface area is 237 Å². The zero-order chi connectivity index (χ0) is 27.8. The van der Waals surface area contributed by atoms with Gasteiger partial charge in [0.2, 0.25) is 11.8 Å². The van der Waals surface area contributed by atoms with Gasteiger partial charge in [-0.05, 0) is 43.7 Å². The van der Waals surface area contributed by atoms with Crippen LogP contribution in [0.4, 0.5) is 5.82 Å². The van der Waals surface area contributed by atoms with Crippen molar-refractivity contribution in [3.05, 3.63) is 47.2 Å². The summed E-state index contributed by atoms with van der Waals surface area (Å²) in [5.74, 6) is 0.495. The quantitative estimate of drug-likeness (QED) is 0.379. The van der Waals surface area contributed by atoms with Crippen molar-refractivity contribution < 1.29 is 14.7 Å². The molecule has 4 atom stereocenters. The maximum atomic E-state index is 13.9. The van der Waals surface area contributed by atoms with E-state index in [1.54, 1.807) is 20.9 Å². The summed E-state index contributed by atoms with van der Waals surface area (Å²) >= 11 is 1.61. The lowest BCUT2D eigenvalue weighted by Gasteiger charge is -2.29. The van der Waals surface area contributed by atoms with Gasteiger partial charge in [-0.2, -0.15) is 0 Å². The summed E-state index contributed by atoms with van der Waals surface area (Å²) < 4.78 is 1.67. The first-order valence-corrected chi connectivity index (χ1v) is 14.9. The summed E-state index contributed by atoms with van der Waals surface area (Å²) in [5, 5.41) is 25.6. The van der Waals surface area contributed by atoms with Crippen molar-refractivity contribution >= 4 is 29.0 Å². The van der Waals surface area contributed by atoms with Crippen molar-refractivity contribution in [2.75, 3.05) is 37.6 Å². The van der Waals surface area contributed by atoms with Crippen LogP contribution in [0, 0.1) is 12.8 Å². The molecule has 2 aliphatic heterocycles. The van der Waals surface area contributed by atoms with Crippen molar-refractivity contribution in [1.82, 2.24) is 35.5 Å². The number of aliphatic hydroxyl groups excluding tert-OH is 1. The third-order valence-electron chi connectivity index (χ3n) is 8.19. The number of aryl methyl sites for hydroxylation is 1. The Morgan fingerprint density at radius 1 is 1.18 bits per heavy atom. The Morgan fingerprint density at radius 3 is 2.60 bits per heavy atom. The van der Waals surface area contributed by atoms with E-state index in [1.807, 2.05) is 49.8 Å². The fraction of sp³-hybridized carbons (Fsp3) is 0.536. The second kappa shape index (κ2) is 11.3. The first-order valence-electron chi connectivity index (χ1n) is 14.1. The van der Waals surface area contributed by atoms with E-state index in [2.05, 4.69) is 30.8 Å². The van der Waals surface area contributed by atoms with Gasteiger partial charge < -0.3 is 25.5 Å². The second-order valence-electron chi connectivity index (χ2n) is 11.1. The molecular weight excluding hydrogens is 528 g/mol. The lowest BCUT2D eigenvalue weighted by atomic mass is 10.0. The summed E-state index contributed by atoms with van der Waals surface area (Å²) in [5.41, 5.74) is 4.90. The van der Waals surface area contributed by atoms with Gasteiger partial charge in [-0.25, -0.2) is 9.67 Å². The first kappa shape index (κ1) is 26.9. The number of benzene rings is 1. The number of anilines is 1. The highest BCUT2D eigenvalue weighted by Crippen LogP contribution is 2.42. The van der Waals surface area contributed by atoms with Crippen LogP contribution in [0.15, 0.2) is 36.0 Å². The number of likely N-dealkylation sites (tertiary alicyclic amines) is 1. The third kappa shape index (κ3) is 5.48. The minimum absolute atomic E-state index is 0.136. The Bertz CT molecular complexity index is 1350. The number of nitrogens with one attached hydrogen (secondary N) is 2. The molecular formula is C28H36N8O3S. The molecule has 11 nitrogen and oxygen atoms in total. The molecule has 0 radical (unpaired) electrons. The van der Waals surface area contributed by atoms with Crippen LogP contribution < -0.4 is 15.5 Å². The molecule has 1 aliphatic carbocycles. The second-order valence-corrected chi connectivity index (χ2v) is 11.9. The molecule has 0 spiro atoms.